The van der Waals surface area contributed by atoms with Crippen LogP contribution in [0.1, 0.15) is 26.2 Å². The van der Waals surface area contributed by atoms with Gasteiger partial charge in [-0.2, -0.15) is 0 Å². The summed E-state index contributed by atoms with van der Waals surface area (Å²) in [7, 11) is 1.63. The lowest BCUT2D eigenvalue weighted by molar-refractivity contribution is -0.139. The molecule has 6 heteroatoms. The molecule has 1 saturated carbocycles. The molecule has 0 bridgehead atoms. The van der Waals surface area contributed by atoms with Crippen LogP contribution in [0.4, 0.5) is 4.79 Å². The van der Waals surface area contributed by atoms with Gasteiger partial charge in [-0.05, 0) is 25.2 Å². The summed E-state index contributed by atoms with van der Waals surface area (Å²) in [6.45, 7) is 3.44. The first-order valence-corrected chi connectivity index (χ1v) is 6.36. The number of urea groups is 1. The Morgan fingerprint density at radius 1 is 1.50 bits per heavy atom. The standard InChI is InChI=1S/C12H22N2O4/c1-3-10(11(15)16)13-12(17)14(2)6-7-18-8-9-4-5-9/h9-10H,3-8H2,1-2H3,(H,13,17)(H,15,16)/t10-/m0/s1. The molecule has 104 valence electrons. The topological polar surface area (TPSA) is 78.9 Å². The fraction of sp³-hybridized carbons (Fsp3) is 0.833. The summed E-state index contributed by atoms with van der Waals surface area (Å²) >= 11 is 0. The number of ether oxygens (including phenoxy) is 1. The number of nitrogens with zero attached hydrogens (tertiary/aromatic N) is 1. The highest BCUT2D eigenvalue weighted by molar-refractivity contribution is 5.82. The van der Waals surface area contributed by atoms with E-state index in [0.29, 0.717) is 25.5 Å². The van der Waals surface area contributed by atoms with Crippen LogP contribution in [0.15, 0.2) is 0 Å². The highest BCUT2D eigenvalue weighted by atomic mass is 16.5. The zero-order valence-electron chi connectivity index (χ0n) is 11.0. The van der Waals surface area contributed by atoms with E-state index in [9.17, 15) is 9.59 Å². The molecule has 1 atom stereocenters. The number of likely N-dealkylation sites (N-methyl/N-ethyl adjacent to an activating group) is 1. The Morgan fingerprint density at radius 3 is 2.67 bits per heavy atom. The molecule has 1 fully saturated rings. The van der Waals surface area contributed by atoms with E-state index in [-0.39, 0.29) is 6.03 Å². The fourth-order valence-electron chi connectivity index (χ4n) is 1.44. The van der Waals surface area contributed by atoms with Gasteiger partial charge >= 0.3 is 12.0 Å². The zero-order valence-corrected chi connectivity index (χ0v) is 11.0. The Bertz CT molecular complexity index is 292. The summed E-state index contributed by atoms with van der Waals surface area (Å²) in [5.74, 6) is -0.301. The molecule has 0 aromatic heterocycles. The van der Waals surface area contributed by atoms with Crippen molar-refractivity contribution in [3.63, 3.8) is 0 Å². The Balaban J connectivity index is 2.15. The lowest BCUT2D eigenvalue weighted by Crippen LogP contribution is -2.47. The number of hydrogen-bond acceptors (Lipinski definition) is 3. The van der Waals surface area contributed by atoms with Gasteiger partial charge in [0.25, 0.3) is 0 Å². The molecular weight excluding hydrogens is 236 g/mol. The van der Waals surface area contributed by atoms with E-state index in [2.05, 4.69) is 5.32 Å². The minimum absolute atomic E-state index is 0.368. The van der Waals surface area contributed by atoms with Crippen molar-refractivity contribution in [2.24, 2.45) is 5.92 Å². The number of carbonyl (C=O) groups excluding carboxylic acids is 1. The second kappa shape index (κ2) is 7.20. The average Bonchev–Trinajstić information content (AvgIpc) is 3.14. The maximum absolute atomic E-state index is 11.7. The molecule has 0 unspecified atom stereocenters. The molecule has 0 aromatic rings. The molecule has 1 aliphatic carbocycles. The van der Waals surface area contributed by atoms with E-state index >= 15 is 0 Å². The van der Waals surface area contributed by atoms with E-state index in [1.165, 1.54) is 17.7 Å². The molecule has 0 heterocycles. The number of aliphatic carboxylic acids is 1. The summed E-state index contributed by atoms with van der Waals surface area (Å²) in [5, 5.41) is 11.3. The first kappa shape index (κ1) is 14.8. The summed E-state index contributed by atoms with van der Waals surface area (Å²) in [6.07, 6.45) is 2.85. The van der Waals surface area contributed by atoms with Crippen molar-refractivity contribution in [3.8, 4) is 0 Å². The predicted octanol–water partition coefficient (Wildman–Crippen LogP) is 0.918. The van der Waals surface area contributed by atoms with E-state index in [1.807, 2.05) is 0 Å². The second-order valence-corrected chi connectivity index (χ2v) is 4.69. The van der Waals surface area contributed by atoms with E-state index in [0.717, 1.165) is 6.61 Å². The minimum Gasteiger partial charge on any atom is -0.480 e. The molecule has 0 saturated heterocycles. The molecule has 1 aliphatic rings. The smallest absolute Gasteiger partial charge is 0.326 e. The zero-order chi connectivity index (χ0) is 13.5. The van der Waals surface area contributed by atoms with Crippen LogP contribution >= 0.6 is 0 Å². The van der Waals surface area contributed by atoms with E-state index in [4.69, 9.17) is 9.84 Å². The Morgan fingerprint density at radius 2 is 2.17 bits per heavy atom. The SMILES string of the molecule is CC[C@H](NC(=O)N(C)CCOCC1CC1)C(=O)O. The molecule has 0 spiro atoms. The quantitative estimate of drug-likeness (QED) is 0.634. The van der Waals surface area contributed by atoms with Crippen molar-refractivity contribution in [3.05, 3.63) is 0 Å². The summed E-state index contributed by atoms with van der Waals surface area (Å²) in [4.78, 5) is 23.9. The van der Waals surface area contributed by atoms with Gasteiger partial charge in [-0.15, -0.1) is 0 Å². The normalized spacial score (nSPS) is 16.1. The predicted molar refractivity (Wildman–Crippen MR) is 66.4 cm³/mol. The largest absolute Gasteiger partial charge is 0.480 e. The lowest BCUT2D eigenvalue weighted by atomic mass is 10.2. The molecule has 0 aliphatic heterocycles. The molecule has 6 nitrogen and oxygen atoms in total. The highest BCUT2D eigenvalue weighted by Crippen LogP contribution is 2.28. The van der Waals surface area contributed by atoms with Crippen LogP contribution in [0.5, 0.6) is 0 Å². The number of carboxylic acids is 1. The number of hydrogen-bond donors (Lipinski definition) is 2. The third-order valence-corrected chi connectivity index (χ3v) is 2.97. The second-order valence-electron chi connectivity index (χ2n) is 4.69. The Hall–Kier alpha value is -1.30. The van der Waals surface area contributed by atoms with Crippen molar-refractivity contribution < 1.29 is 19.4 Å². The Labute approximate surface area is 107 Å². The summed E-state index contributed by atoms with van der Waals surface area (Å²) < 4.78 is 5.42. The summed E-state index contributed by atoms with van der Waals surface area (Å²) in [6, 6.07) is -1.20. The van der Waals surface area contributed by atoms with Gasteiger partial charge in [0.15, 0.2) is 0 Å². The van der Waals surface area contributed by atoms with Crippen LogP contribution in [-0.4, -0.2) is 54.9 Å². The first-order valence-electron chi connectivity index (χ1n) is 6.36. The van der Waals surface area contributed by atoms with Crippen molar-refractivity contribution in [2.45, 2.75) is 32.2 Å². The average molecular weight is 258 g/mol. The highest BCUT2D eigenvalue weighted by Gasteiger charge is 2.22. The third kappa shape index (κ3) is 5.35. The number of amides is 2. The molecular formula is C12H22N2O4. The molecule has 0 aromatic carbocycles. The van der Waals surface area contributed by atoms with Gasteiger partial charge in [-0.3, -0.25) is 0 Å². The molecule has 2 amide bonds. The van der Waals surface area contributed by atoms with Crippen molar-refractivity contribution in [1.82, 2.24) is 10.2 Å². The van der Waals surface area contributed by atoms with Gasteiger partial charge < -0.3 is 20.1 Å². The first-order chi connectivity index (χ1) is 8.54. The van der Waals surface area contributed by atoms with Crippen molar-refractivity contribution in [2.75, 3.05) is 26.8 Å². The van der Waals surface area contributed by atoms with Gasteiger partial charge in [0.1, 0.15) is 6.04 Å². The van der Waals surface area contributed by atoms with E-state index < -0.39 is 12.0 Å². The van der Waals surface area contributed by atoms with Crippen LogP contribution < -0.4 is 5.32 Å². The summed E-state index contributed by atoms with van der Waals surface area (Å²) in [5.41, 5.74) is 0. The number of carboxylic acid groups (broad SMARTS) is 1. The monoisotopic (exact) mass is 258 g/mol. The van der Waals surface area contributed by atoms with Crippen LogP contribution in [-0.2, 0) is 9.53 Å². The van der Waals surface area contributed by atoms with Gasteiger partial charge in [-0.25, -0.2) is 9.59 Å². The van der Waals surface area contributed by atoms with Crippen LogP contribution in [0.25, 0.3) is 0 Å². The van der Waals surface area contributed by atoms with Crippen LogP contribution in [0.2, 0.25) is 0 Å². The fourth-order valence-corrected chi connectivity index (χ4v) is 1.44. The lowest BCUT2D eigenvalue weighted by Gasteiger charge is -2.20. The molecule has 18 heavy (non-hydrogen) atoms. The van der Waals surface area contributed by atoms with Crippen LogP contribution in [0, 0.1) is 5.92 Å². The molecule has 0 radical (unpaired) electrons. The molecule has 1 rings (SSSR count). The van der Waals surface area contributed by atoms with Gasteiger partial charge in [0.05, 0.1) is 6.61 Å². The van der Waals surface area contributed by atoms with E-state index in [1.54, 1.807) is 14.0 Å². The minimum atomic E-state index is -1.01. The maximum Gasteiger partial charge on any atom is 0.326 e. The van der Waals surface area contributed by atoms with Crippen molar-refractivity contribution in [1.29, 1.82) is 0 Å². The molecule has 2 N–H and O–H groups in total. The van der Waals surface area contributed by atoms with Gasteiger partial charge in [0.2, 0.25) is 0 Å². The Kier molecular flexibility index (Phi) is 5.91. The number of carbonyl (C=O) groups is 2. The number of rotatable bonds is 8. The van der Waals surface area contributed by atoms with Gasteiger partial charge in [-0.1, -0.05) is 6.92 Å². The number of nitrogens with one attached hydrogen (secondary N) is 1. The van der Waals surface area contributed by atoms with Crippen molar-refractivity contribution >= 4 is 12.0 Å². The van der Waals surface area contributed by atoms with Gasteiger partial charge in [0, 0.05) is 20.2 Å². The van der Waals surface area contributed by atoms with Crippen LogP contribution in [0.3, 0.4) is 0 Å². The maximum atomic E-state index is 11.7. The third-order valence-electron chi connectivity index (χ3n) is 2.97.